The van der Waals surface area contributed by atoms with Gasteiger partial charge in [-0.05, 0) is 48.8 Å². The predicted molar refractivity (Wildman–Crippen MR) is 95.5 cm³/mol. The van der Waals surface area contributed by atoms with Crippen LogP contribution in [-0.2, 0) is 4.79 Å². The molecule has 0 saturated carbocycles. The zero-order chi connectivity index (χ0) is 17.3. The summed E-state index contributed by atoms with van der Waals surface area (Å²) in [6.45, 7) is 1.67. The number of nitrogens with one attached hydrogen (secondary N) is 2. The monoisotopic (exact) mass is 382 g/mol. The van der Waals surface area contributed by atoms with Gasteiger partial charge < -0.3 is 5.32 Å². The number of hydrogen-bond donors (Lipinski definition) is 2. The summed E-state index contributed by atoms with van der Waals surface area (Å²) < 4.78 is 15.8. The van der Waals surface area contributed by atoms with Gasteiger partial charge in [-0.3, -0.25) is 14.5 Å². The van der Waals surface area contributed by atoms with Gasteiger partial charge in [0.1, 0.15) is 11.9 Å². The lowest BCUT2D eigenvalue weighted by Crippen LogP contribution is -2.24. The lowest BCUT2D eigenvalue weighted by Gasteiger charge is -2.15. The Morgan fingerprint density at radius 2 is 2.29 bits per heavy atom. The van der Waals surface area contributed by atoms with E-state index < -0.39 is 17.8 Å². The van der Waals surface area contributed by atoms with E-state index in [0.717, 1.165) is 10.9 Å². The summed E-state index contributed by atoms with van der Waals surface area (Å²) in [7, 11) is 0. The molecule has 1 unspecified atom stereocenters. The molecule has 3 rings (SSSR count). The average Bonchev–Trinajstić information content (AvgIpc) is 3.18. The first-order valence-corrected chi connectivity index (χ1v) is 8.60. The fraction of sp³-hybridized carbons (Fsp3) is 0.133. The summed E-state index contributed by atoms with van der Waals surface area (Å²) in [5.41, 5.74) is 0.0592. The molecule has 1 aromatic carbocycles. The van der Waals surface area contributed by atoms with Crippen molar-refractivity contribution >= 4 is 46.8 Å². The highest BCUT2D eigenvalue weighted by atomic mass is 35.5. The van der Waals surface area contributed by atoms with Gasteiger partial charge in [-0.25, -0.2) is 4.39 Å². The Balaban J connectivity index is 1.89. The van der Waals surface area contributed by atoms with Crippen molar-refractivity contribution in [1.29, 1.82) is 0 Å². The van der Waals surface area contributed by atoms with Gasteiger partial charge >= 0.3 is 0 Å². The summed E-state index contributed by atoms with van der Waals surface area (Å²) >= 11 is 12.4. The van der Waals surface area contributed by atoms with Crippen molar-refractivity contribution in [2.24, 2.45) is 0 Å². The summed E-state index contributed by atoms with van der Waals surface area (Å²) in [6.07, 6.45) is 0. The second kappa shape index (κ2) is 6.84. The highest BCUT2D eigenvalue weighted by Crippen LogP contribution is 2.26. The number of hydrogen-bond acceptors (Lipinski definition) is 4. The number of rotatable bonds is 4. The minimum absolute atomic E-state index is 0.0592. The molecular weight excluding hydrogens is 371 g/mol. The van der Waals surface area contributed by atoms with Crippen LogP contribution in [0, 0.1) is 10.6 Å². The number of anilines is 1. The molecule has 24 heavy (non-hydrogen) atoms. The van der Waals surface area contributed by atoms with Crippen molar-refractivity contribution in [2.45, 2.75) is 13.0 Å². The second-order valence-electron chi connectivity index (χ2n) is 4.99. The molecule has 0 aliphatic heterocycles. The quantitative estimate of drug-likeness (QED) is 0.645. The van der Waals surface area contributed by atoms with Gasteiger partial charge in [-0.2, -0.15) is 5.10 Å². The van der Waals surface area contributed by atoms with E-state index in [2.05, 4.69) is 15.5 Å². The number of benzene rings is 1. The van der Waals surface area contributed by atoms with E-state index in [1.165, 1.54) is 23.5 Å². The summed E-state index contributed by atoms with van der Waals surface area (Å²) in [4.78, 5) is 13.4. The number of carbonyl (C=O) groups is 1. The lowest BCUT2D eigenvalue weighted by atomic mass is 10.2. The highest BCUT2D eigenvalue weighted by Gasteiger charge is 2.22. The first kappa shape index (κ1) is 16.8. The maximum absolute atomic E-state index is 13.9. The third kappa shape index (κ3) is 3.26. The molecule has 0 bridgehead atoms. The van der Waals surface area contributed by atoms with Crippen LogP contribution >= 0.6 is 35.2 Å². The van der Waals surface area contributed by atoms with Gasteiger partial charge in [0.15, 0.2) is 10.6 Å². The van der Waals surface area contributed by atoms with Crippen LogP contribution in [0.25, 0.3) is 10.7 Å². The smallest absolute Gasteiger partial charge is 0.247 e. The third-order valence-corrected chi connectivity index (χ3v) is 4.79. The number of H-pyrrole nitrogens is 1. The van der Waals surface area contributed by atoms with E-state index in [1.54, 1.807) is 11.5 Å². The van der Waals surface area contributed by atoms with Gasteiger partial charge in [-0.15, -0.1) is 11.3 Å². The standard InChI is InChI=1S/C15H12ClFN4OS2/c1-8(14(22)18-11-5-4-9(16)7-10(11)17)21-13(19-20-15(21)23)12-3-2-6-24-12/h2-8H,1H3,(H,18,22)(H,20,23). The van der Waals surface area contributed by atoms with Gasteiger partial charge in [0.05, 0.1) is 10.6 Å². The van der Waals surface area contributed by atoms with Crippen molar-refractivity contribution in [3.05, 3.63) is 51.3 Å². The predicted octanol–water partition coefficient (Wildman–Crippen LogP) is 4.66. The Labute approximate surface area is 151 Å². The van der Waals surface area contributed by atoms with Crippen molar-refractivity contribution < 1.29 is 9.18 Å². The van der Waals surface area contributed by atoms with E-state index in [9.17, 15) is 9.18 Å². The maximum atomic E-state index is 13.9. The maximum Gasteiger partial charge on any atom is 0.247 e. The SMILES string of the molecule is CC(C(=O)Nc1ccc(Cl)cc1F)n1c(-c2cccs2)n[nH]c1=S. The normalized spacial score (nSPS) is 12.1. The second-order valence-corrected chi connectivity index (χ2v) is 6.76. The summed E-state index contributed by atoms with van der Waals surface area (Å²) in [6, 6.07) is 7.15. The number of nitrogens with zero attached hydrogens (tertiary/aromatic N) is 2. The molecule has 2 N–H and O–H groups in total. The zero-order valence-electron chi connectivity index (χ0n) is 12.4. The molecule has 2 aromatic heterocycles. The molecule has 2 heterocycles. The van der Waals surface area contributed by atoms with E-state index in [1.807, 2.05) is 17.5 Å². The van der Waals surface area contributed by atoms with Crippen LogP contribution in [0.1, 0.15) is 13.0 Å². The van der Waals surface area contributed by atoms with Crippen molar-refractivity contribution in [3.63, 3.8) is 0 Å². The molecule has 5 nitrogen and oxygen atoms in total. The van der Waals surface area contributed by atoms with Gasteiger partial charge in [0.25, 0.3) is 0 Å². The van der Waals surface area contributed by atoms with Gasteiger partial charge in [-0.1, -0.05) is 17.7 Å². The van der Waals surface area contributed by atoms with Gasteiger partial charge in [0.2, 0.25) is 5.91 Å². The first-order valence-electron chi connectivity index (χ1n) is 6.94. The van der Waals surface area contributed by atoms with E-state index in [0.29, 0.717) is 10.6 Å². The van der Waals surface area contributed by atoms with Crippen LogP contribution in [0.15, 0.2) is 35.7 Å². The lowest BCUT2D eigenvalue weighted by molar-refractivity contribution is -0.118. The molecular formula is C15H12ClFN4OS2. The first-order chi connectivity index (χ1) is 11.5. The molecule has 3 aromatic rings. The molecule has 0 fully saturated rings. The van der Waals surface area contributed by atoms with Crippen molar-refractivity contribution in [1.82, 2.24) is 14.8 Å². The van der Waals surface area contributed by atoms with E-state index >= 15 is 0 Å². The topological polar surface area (TPSA) is 62.7 Å². The van der Waals surface area contributed by atoms with E-state index in [-0.39, 0.29) is 10.7 Å². The zero-order valence-corrected chi connectivity index (χ0v) is 14.8. The molecule has 1 atom stereocenters. The third-order valence-electron chi connectivity index (χ3n) is 3.40. The fourth-order valence-corrected chi connectivity index (χ4v) is 3.35. The largest absolute Gasteiger partial charge is 0.322 e. The minimum atomic E-state index is -0.677. The minimum Gasteiger partial charge on any atom is -0.322 e. The number of aromatic nitrogens is 3. The molecule has 0 aliphatic carbocycles. The molecule has 0 saturated heterocycles. The number of aromatic amines is 1. The Morgan fingerprint density at radius 1 is 1.50 bits per heavy atom. The molecule has 0 aliphatic rings. The number of halogens is 2. The molecule has 1 amide bonds. The Kier molecular flexibility index (Phi) is 4.79. The summed E-state index contributed by atoms with van der Waals surface area (Å²) in [5, 5.41) is 11.6. The number of amides is 1. The van der Waals surface area contributed by atoms with Crippen molar-refractivity contribution in [2.75, 3.05) is 5.32 Å². The Bertz CT molecular complexity index is 935. The average molecular weight is 383 g/mol. The molecule has 9 heteroatoms. The van der Waals surface area contributed by atoms with Crippen LogP contribution in [0.5, 0.6) is 0 Å². The van der Waals surface area contributed by atoms with Crippen LogP contribution < -0.4 is 5.32 Å². The van der Waals surface area contributed by atoms with Crippen LogP contribution in [0.3, 0.4) is 0 Å². The van der Waals surface area contributed by atoms with Crippen LogP contribution in [0.4, 0.5) is 10.1 Å². The summed E-state index contributed by atoms with van der Waals surface area (Å²) in [5.74, 6) is -0.446. The fourth-order valence-electron chi connectivity index (χ4n) is 2.19. The van der Waals surface area contributed by atoms with Crippen LogP contribution in [0.2, 0.25) is 5.02 Å². The number of carbonyl (C=O) groups excluding carboxylic acids is 1. The van der Waals surface area contributed by atoms with Crippen molar-refractivity contribution in [3.8, 4) is 10.7 Å². The molecule has 124 valence electrons. The highest BCUT2D eigenvalue weighted by molar-refractivity contribution is 7.71. The van der Waals surface area contributed by atoms with Crippen LogP contribution in [-0.4, -0.2) is 20.7 Å². The molecule has 0 radical (unpaired) electrons. The van der Waals surface area contributed by atoms with Gasteiger partial charge in [0, 0.05) is 5.02 Å². The van der Waals surface area contributed by atoms with E-state index in [4.69, 9.17) is 23.8 Å². The number of thiophene rings is 1. The Morgan fingerprint density at radius 3 is 2.96 bits per heavy atom. The molecule has 0 spiro atoms. The Hall–Kier alpha value is -2.03.